The van der Waals surface area contributed by atoms with E-state index in [0.717, 1.165) is 12.1 Å². The molecule has 10 heteroatoms. The van der Waals surface area contributed by atoms with Gasteiger partial charge in [-0.15, -0.1) is 0 Å². The third-order valence-corrected chi connectivity index (χ3v) is 3.15. The SMILES string of the molecule is O.O.O=C(O)c1ccc2c(n1)-c1nc(C(=O)O)ccc1C(=O)C2=O. The van der Waals surface area contributed by atoms with Gasteiger partial charge in [0.2, 0.25) is 11.6 Å². The molecule has 6 N–H and O–H groups in total. The number of Topliss-reactive ketones (excluding diaryl/α,β-unsaturated/α-hetero) is 2. The fraction of sp³-hybridized carbons (Fsp3) is 0. The van der Waals surface area contributed by atoms with Crippen LogP contribution in [-0.2, 0) is 0 Å². The second-order valence-electron chi connectivity index (χ2n) is 4.45. The number of hydrogen-bond acceptors (Lipinski definition) is 6. The molecular formula is C14H10N2O8. The zero-order valence-corrected chi connectivity index (χ0v) is 11.7. The van der Waals surface area contributed by atoms with Crippen LogP contribution < -0.4 is 0 Å². The summed E-state index contributed by atoms with van der Waals surface area (Å²) in [6.07, 6.45) is 0. The minimum absolute atomic E-state index is 0. The van der Waals surface area contributed by atoms with E-state index in [1.54, 1.807) is 0 Å². The molecule has 10 nitrogen and oxygen atoms in total. The topological polar surface area (TPSA) is 198 Å². The number of carboxylic acids is 2. The van der Waals surface area contributed by atoms with E-state index in [1.807, 2.05) is 0 Å². The van der Waals surface area contributed by atoms with E-state index in [9.17, 15) is 19.2 Å². The highest BCUT2D eigenvalue weighted by atomic mass is 16.4. The van der Waals surface area contributed by atoms with Crippen molar-refractivity contribution >= 4 is 23.5 Å². The minimum Gasteiger partial charge on any atom is -0.477 e. The number of aromatic nitrogens is 2. The highest BCUT2D eigenvalue weighted by Crippen LogP contribution is 2.31. The standard InChI is InChI=1S/C14H6N2O6.2H2O/c17-11-5-1-3-7(13(19)20)15-9(5)10-6(12(11)18)2-4-8(16-10)14(21)22;;/h1-4H,(H,19,20)(H,21,22);2*1H2. The van der Waals surface area contributed by atoms with Crippen molar-refractivity contribution in [1.29, 1.82) is 0 Å². The second kappa shape index (κ2) is 6.32. The molecule has 3 rings (SSSR count). The summed E-state index contributed by atoms with van der Waals surface area (Å²) < 4.78 is 0. The molecule has 0 fully saturated rings. The Morgan fingerprint density at radius 2 is 1.04 bits per heavy atom. The zero-order chi connectivity index (χ0) is 16.0. The van der Waals surface area contributed by atoms with Crippen LogP contribution in [0.1, 0.15) is 41.7 Å². The predicted molar refractivity (Wildman–Crippen MR) is 77.3 cm³/mol. The van der Waals surface area contributed by atoms with E-state index in [0.29, 0.717) is 0 Å². The summed E-state index contributed by atoms with van der Waals surface area (Å²) in [7, 11) is 0. The monoisotopic (exact) mass is 334 g/mol. The molecule has 24 heavy (non-hydrogen) atoms. The van der Waals surface area contributed by atoms with E-state index in [-0.39, 0.29) is 44.9 Å². The van der Waals surface area contributed by atoms with E-state index in [4.69, 9.17) is 10.2 Å². The Balaban J connectivity index is 0.00000144. The van der Waals surface area contributed by atoms with Crippen molar-refractivity contribution in [3.8, 4) is 11.4 Å². The average molecular weight is 334 g/mol. The fourth-order valence-corrected chi connectivity index (χ4v) is 2.13. The Kier molecular flexibility index (Phi) is 4.88. The Morgan fingerprint density at radius 1 is 0.708 bits per heavy atom. The number of carbonyl (C=O) groups is 4. The molecule has 0 saturated heterocycles. The number of nitrogens with zero attached hydrogens (tertiary/aromatic N) is 2. The molecule has 0 spiro atoms. The molecule has 0 saturated carbocycles. The summed E-state index contributed by atoms with van der Waals surface area (Å²) in [4.78, 5) is 53.6. The molecule has 2 aromatic rings. The summed E-state index contributed by atoms with van der Waals surface area (Å²) in [5, 5.41) is 17.9. The van der Waals surface area contributed by atoms with Gasteiger partial charge in [-0.05, 0) is 24.3 Å². The average Bonchev–Trinajstić information content (AvgIpc) is 2.51. The lowest BCUT2D eigenvalue weighted by Gasteiger charge is -2.16. The Bertz CT molecular complexity index is 817. The van der Waals surface area contributed by atoms with Crippen LogP contribution in [0.25, 0.3) is 11.4 Å². The molecule has 0 amide bonds. The van der Waals surface area contributed by atoms with Crippen LogP contribution in [0.4, 0.5) is 0 Å². The van der Waals surface area contributed by atoms with Crippen LogP contribution >= 0.6 is 0 Å². The van der Waals surface area contributed by atoms with E-state index in [2.05, 4.69) is 9.97 Å². The number of carbonyl (C=O) groups excluding carboxylic acids is 2. The van der Waals surface area contributed by atoms with Gasteiger partial charge in [-0.2, -0.15) is 0 Å². The van der Waals surface area contributed by atoms with Crippen LogP contribution in [0.15, 0.2) is 24.3 Å². The van der Waals surface area contributed by atoms with Gasteiger partial charge in [-0.3, -0.25) is 9.59 Å². The molecule has 2 heterocycles. The number of ketones is 2. The normalized spacial score (nSPS) is 11.5. The molecule has 0 atom stereocenters. The van der Waals surface area contributed by atoms with Crippen LogP contribution in [-0.4, -0.2) is 54.6 Å². The van der Waals surface area contributed by atoms with Crippen molar-refractivity contribution in [3.05, 3.63) is 46.8 Å². The van der Waals surface area contributed by atoms with Crippen LogP contribution in [0.5, 0.6) is 0 Å². The van der Waals surface area contributed by atoms with E-state index in [1.165, 1.54) is 12.1 Å². The number of carboxylic acid groups (broad SMARTS) is 2. The maximum atomic E-state index is 12.0. The molecule has 124 valence electrons. The molecule has 1 aliphatic carbocycles. The Labute approximate surface area is 133 Å². The largest absolute Gasteiger partial charge is 0.477 e. The lowest BCUT2D eigenvalue weighted by molar-refractivity contribution is 0.0679. The second-order valence-corrected chi connectivity index (χ2v) is 4.45. The minimum atomic E-state index is -1.32. The summed E-state index contributed by atoms with van der Waals surface area (Å²) >= 11 is 0. The quantitative estimate of drug-likeness (QED) is 0.669. The van der Waals surface area contributed by atoms with Crippen LogP contribution in [0, 0.1) is 0 Å². The molecule has 2 aromatic heterocycles. The van der Waals surface area contributed by atoms with Crippen molar-refractivity contribution in [2.45, 2.75) is 0 Å². The lowest BCUT2D eigenvalue weighted by Crippen LogP contribution is -2.24. The van der Waals surface area contributed by atoms with Gasteiger partial charge in [-0.25, -0.2) is 19.6 Å². The van der Waals surface area contributed by atoms with Crippen molar-refractivity contribution in [1.82, 2.24) is 9.97 Å². The summed E-state index contributed by atoms with van der Waals surface area (Å²) in [5.74, 6) is -4.31. The van der Waals surface area contributed by atoms with Gasteiger partial charge in [0.15, 0.2) is 0 Å². The highest BCUT2D eigenvalue weighted by molar-refractivity contribution is 6.52. The smallest absolute Gasteiger partial charge is 0.354 e. The first kappa shape index (κ1) is 18.5. The van der Waals surface area contributed by atoms with Gasteiger partial charge in [0.25, 0.3) is 0 Å². The van der Waals surface area contributed by atoms with Gasteiger partial charge in [-0.1, -0.05) is 0 Å². The number of fused-ring (bicyclic) bond motifs is 3. The van der Waals surface area contributed by atoms with Crippen LogP contribution in [0.2, 0.25) is 0 Å². The molecule has 0 aliphatic heterocycles. The highest BCUT2D eigenvalue weighted by Gasteiger charge is 2.33. The fourth-order valence-electron chi connectivity index (χ4n) is 2.13. The molecular weight excluding hydrogens is 324 g/mol. The van der Waals surface area contributed by atoms with Gasteiger partial charge >= 0.3 is 11.9 Å². The maximum absolute atomic E-state index is 12.0. The zero-order valence-electron chi connectivity index (χ0n) is 11.7. The number of aromatic carboxylic acids is 2. The van der Waals surface area contributed by atoms with Crippen LogP contribution in [0.3, 0.4) is 0 Å². The molecule has 0 radical (unpaired) electrons. The Hall–Kier alpha value is -3.50. The number of pyridine rings is 2. The number of hydrogen-bond donors (Lipinski definition) is 2. The maximum Gasteiger partial charge on any atom is 0.354 e. The van der Waals surface area contributed by atoms with Gasteiger partial charge in [0, 0.05) is 0 Å². The third-order valence-electron chi connectivity index (χ3n) is 3.15. The first-order valence-electron chi connectivity index (χ1n) is 5.98. The summed E-state index contributed by atoms with van der Waals surface area (Å²) in [5.41, 5.74) is -1.09. The lowest BCUT2D eigenvalue weighted by atomic mass is 9.90. The summed E-state index contributed by atoms with van der Waals surface area (Å²) in [6, 6.07) is 4.53. The molecule has 0 unspecified atom stereocenters. The predicted octanol–water partition coefficient (Wildman–Crippen LogP) is -0.730. The van der Waals surface area contributed by atoms with Crippen molar-refractivity contribution in [2.75, 3.05) is 0 Å². The Morgan fingerprint density at radius 3 is 1.33 bits per heavy atom. The third kappa shape index (κ3) is 2.62. The summed E-state index contributed by atoms with van der Waals surface area (Å²) in [6.45, 7) is 0. The van der Waals surface area contributed by atoms with Crippen molar-refractivity contribution < 1.29 is 40.3 Å². The van der Waals surface area contributed by atoms with Gasteiger partial charge in [0.05, 0.1) is 11.1 Å². The first-order chi connectivity index (χ1) is 10.4. The molecule has 0 aromatic carbocycles. The van der Waals surface area contributed by atoms with E-state index < -0.39 is 23.5 Å². The van der Waals surface area contributed by atoms with Crippen molar-refractivity contribution in [3.63, 3.8) is 0 Å². The first-order valence-corrected chi connectivity index (χ1v) is 5.98. The van der Waals surface area contributed by atoms with Crippen molar-refractivity contribution in [2.24, 2.45) is 0 Å². The molecule has 1 aliphatic rings. The van der Waals surface area contributed by atoms with Gasteiger partial charge < -0.3 is 21.2 Å². The van der Waals surface area contributed by atoms with Gasteiger partial charge in [0.1, 0.15) is 22.8 Å². The molecule has 0 bridgehead atoms. The van der Waals surface area contributed by atoms with E-state index >= 15 is 0 Å². The number of rotatable bonds is 2.